The molecule has 0 amide bonds. The molecule has 7 heteroatoms. The molecule has 1 fully saturated rings. The minimum absolute atomic E-state index is 0.0581. The zero-order chi connectivity index (χ0) is 15.5. The Morgan fingerprint density at radius 2 is 1.81 bits per heavy atom. The van der Waals surface area contributed by atoms with Gasteiger partial charge in [-0.2, -0.15) is 22.0 Å². The molecular weight excluding hydrogens is 293 g/mol. The van der Waals surface area contributed by atoms with Crippen LogP contribution in [0.4, 0.5) is 22.0 Å². The lowest BCUT2D eigenvalue weighted by Crippen LogP contribution is -2.41. The van der Waals surface area contributed by atoms with Crippen LogP contribution < -0.4 is 5.32 Å². The summed E-state index contributed by atoms with van der Waals surface area (Å²) in [4.78, 5) is 0. The molecule has 0 spiro atoms. The molecule has 1 aliphatic heterocycles. The second-order valence-electron chi connectivity index (χ2n) is 5.09. The lowest BCUT2D eigenvalue weighted by atomic mass is 9.88. The molecule has 2 nitrogen and oxygen atoms in total. The summed E-state index contributed by atoms with van der Waals surface area (Å²) in [5.74, 6) is 0.0927. The van der Waals surface area contributed by atoms with Gasteiger partial charge in [-0.3, -0.25) is 0 Å². The number of hydrogen-bond acceptors (Lipinski definition) is 2. The zero-order valence-corrected chi connectivity index (χ0v) is 11.2. The van der Waals surface area contributed by atoms with Crippen LogP contribution in [0.3, 0.4) is 0 Å². The second kappa shape index (κ2) is 6.70. The number of piperidine rings is 1. The molecule has 0 aliphatic carbocycles. The van der Waals surface area contributed by atoms with Gasteiger partial charge in [-0.25, -0.2) is 0 Å². The maximum Gasteiger partial charge on any atom is 0.416 e. The summed E-state index contributed by atoms with van der Waals surface area (Å²) in [6.07, 6.45) is -2.95. The van der Waals surface area contributed by atoms with Crippen LogP contribution in [0.5, 0.6) is 0 Å². The molecule has 0 saturated carbocycles. The van der Waals surface area contributed by atoms with Crippen molar-refractivity contribution in [2.75, 3.05) is 13.2 Å². The fourth-order valence-electron chi connectivity index (χ4n) is 2.48. The van der Waals surface area contributed by atoms with Gasteiger partial charge in [-0.1, -0.05) is 12.1 Å². The van der Waals surface area contributed by atoms with E-state index in [9.17, 15) is 22.0 Å². The predicted octanol–water partition coefficient (Wildman–Crippen LogP) is 3.78. The van der Waals surface area contributed by atoms with Gasteiger partial charge in [0.1, 0.15) is 0 Å². The van der Waals surface area contributed by atoms with Gasteiger partial charge >= 0.3 is 12.8 Å². The van der Waals surface area contributed by atoms with Gasteiger partial charge in [0.2, 0.25) is 0 Å². The van der Waals surface area contributed by atoms with Crippen molar-refractivity contribution in [2.45, 2.75) is 37.6 Å². The molecule has 118 valence electrons. The standard InChI is InChI=1S/C14H16F5NO/c15-13(16)21-8-12-6-3-10(7-20-12)9-1-4-11(5-2-9)14(17,18)19/h1-2,4-5,10,12-13,20H,3,6-8H2/t10?,12-/m0/s1. The Balaban J connectivity index is 1.87. The van der Waals surface area contributed by atoms with Crippen molar-refractivity contribution >= 4 is 0 Å². The van der Waals surface area contributed by atoms with Crippen molar-refractivity contribution in [2.24, 2.45) is 0 Å². The number of alkyl halides is 5. The van der Waals surface area contributed by atoms with Crippen molar-refractivity contribution in [1.82, 2.24) is 5.32 Å². The molecule has 1 heterocycles. The lowest BCUT2D eigenvalue weighted by Gasteiger charge is -2.30. The number of rotatable bonds is 4. The Morgan fingerprint density at radius 3 is 2.29 bits per heavy atom. The van der Waals surface area contributed by atoms with Crippen molar-refractivity contribution in [3.63, 3.8) is 0 Å². The van der Waals surface area contributed by atoms with Crippen LogP contribution in [0, 0.1) is 0 Å². The van der Waals surface area contributed by atoms with Gasteiger partial charge in [0.05, 0.1) is 12.2 Å². The van der Waals surface area contributed by atoms with Crippen LogP contribution in [0.15, 0.2) is 24.3 Å². The maximum atomic E-state index is 12.5. The molecule has 2 atom stereocenters. The van der Waals surface area contributed by atoms with Gasteiger partial charge in [0.15, 0.2) is 0 Å². The monoisotopic (exact) mass is 309 g/mol. The molecule has 1 unspecified atom stereocenters. The van der Waals surface area contributed by atoms with E-state index in [1.54, 1.807) is 0 Å². The van der Waals surface area contributed by atoms with E-state index in [1.165, 1.54) is 12.1 Å². The maximum absolute atomic E-state index is 12.5. The van der Waals surface area contributed by atoms with E-state index in [0.717, 1.165) is 24.1 Å². The molecular formula is C14H16F5NO. The van der Waals surface area contributed by atoms with E-state index >= 15 is 0 Å². The van der Waals surface area contributed by atoms with E-state index in [2.05, 4.69) is 10.1 Å². The van der Waals surface area contributed by atoms with E-state index in [0.29, 0.717) is 13.0 Å². The molecule has 21 heavy (non-hydrogen) atoms. The molecule has 1 aromatic rings. The summed E-state index contributed by atoms with van der Waals surface area (Å²) in [5, 5.41) is 3.09. The molecule has 0 aromatic heterocycles. The lowest BCUT2D eigenvalue weighted by molar-refractivity contribution is -0.137. The Bertz CT molecular complexity index is 438. The summed E-state index contributed by atoms with van der Waals surface area (Å²) < 4.78 is 65.5. The predicted molar refractivity (Wildman–Crippen MR) is 67.2 cm³/mol. The van der Waals surface area contributed by atoms with Gasteiger partial charge in [-0.15, -0.1) is 0 Å². The Labute approximate surface area is 119 Å². The van der Waals surface area contributed by atoms with E-state index < -0.39 is 18.4 Å². The van der Waals surface area contributed by atoms with Crippen LogP contribution in [-0.4, -0.2) is 25.8 Å². The SMILES string of the molecule is FC(F)OC[C@@H]1CCC(c2ccc(C(F)(F)F)cc2)CN1. The first kappa shape index (κ1) is 16.2. The highest BCUT2D eigenvalue weighted by molar-refractivity contribution is 5.27. The molecule has 1 aromatic carbocycles. The van der Waals surface area contributed by atoms with E-state index in [4.69, 9.17) is 0 Å². The van der Waals surface area contributed by atoms with E-state index in [-0.39, 0.29) is 18.6 Å². The number of nitrogens with one attached hydrogen (secondary N) is 1. The molecule has 1 aliphatic rings. The quantitative estimate of drug-likeness (QED) is 0.855. The summed E-state index contributed by atoms with van der Waals surface area (Å²) >= 11 is 0. The van der Waals surface area contributed by atoms with Gasteiger partial charge in [-0.05, 0) is 36.5 Å². The fraction of sp³-hybridized carbons (Fsp3) is 0.571. The third-order valence-corrected chi connectivity index (χ3v) is 3.65. The minimum atomic E-state index is -4.33. The zero-order valence-electron chi connectivity index (χ0n) is 11.2. The Hall–Kier alpha value is -1.21. The average Bonchev–Trinajstić information content (AvgIpc) is 2.45. The highest BCUT2D eigenvalue weighted by Crippen LogP contribution is 2.31. The summed E-state index contributed by atoms with van der Waals surface area (Å²) in [6, 6.07) is 4.96. The fourth-order valence-corrected chi connectivity index (χ4v) is 2.48. The van der Waals surface area contributed by atoms with Crippen molar-refractivity contribution in [3.8, 4) is 0 Å². The number of halogens is 5. The summed E-state index contributed by atoms with van der Waals surface area (Å²) in [6.45, 7) is -2.29. The summed E-state index contributed by atoms with van der Waals surface area (Å²) in [5.41, 5.74) is 0.155. The first-order valence-electron chi connectivity index (χ1n) is 6.66. The number of hydrogen-bond donors (Lipinski definition) is 1. The highest BCUT2D eigenvalue weighted by atomic mass is 19.4. The van der Waals surface area contributed by atoms with Crippen LogP contribution in [0.2, 0.25) is 0 Å². The topological polar surface area (TPSA) is 21.3 Å². The largest absolute Gasteiger partial charge is 0.416 e. The molecule has 0 radical (unpaired) electrons. The van der Waals surface area contributed by atoms with Gasteiger partial charge in [0, 0.05) is 12.6 Å². The van der Waals surface area contributed by atoms with Crippen molar-refractivity contribution in [3.05, 3.63) is 35.4 Å². The average molecular weight is 309 g/mol. The normalized spacial score (nSPS) is 23.5. The minimum Gasteiger partial charge on any atom is -0.321 e. The molecule has 2 rings (SSSR count). The summed E-state index contributed by atoms with van der Waals surface area (Å²) in [7, 11) is 0. The van der Waals surface area contributed by atoms with Gasteiger partial charge in [0.25, 0.3) is 0 Å². The highest BCUT2D eigenvalue weighted by Gasteiger charge is 2.30. The van der Waals surface area contributed by atoms with Crippen LogP contribution in [0.25, 0.3) is 0 Å². The molecule has 1 N–H and O–H groups in total. The third kappa shape index (κ3) is 4.64. The van der Waals surface area contributed by atoms with Crippen LogP contribution in [-0.2, 0) is 10.9 Å². The third-order valence-electron chi connectivity index (χ3n) is 3.65. The number of benzene rings is 1. The van der Waals surface area contributed by atoms with Gasteiger partial charge < -0.3 is 10.1 Å². The molecule has 0 bridgehead atoms. The number of ether oxygens (including phenoxy) is 1. The van der Waals surface area contributed by atoms with E-state index in [1.807, 2.05) is 0 Å². The van der Waals surface area contributed by atoms with Crippen molar-refractivity contribution < 1.29 is 26.7 Å². The van der Waals surface area contributed by atoms with Crippen LogP contribution in [0.1, 0.15) is 29.9 Å². The first-order valence-corrected chi connectivity index (χ1v) is 6.66. The van der Waals surface area contributed by atoms with Crippen LogP contribution >= 0.6 is 0 Å². The Kier molecular flexibility index (Phi) is 5.16. The second-order valence-corrected chi connectivity index (χ2v) is 5.09. The molecule has 1 saturated heterocycles. The van der Waals surface area contributed by atoms with Crippen molar-refractivity contribution in [1.29, 1.82) is 0 Å². The smallest absolute Gasteiger partial charge is 0.321 e. The Morgan fingerprint density at radius 1 is 1.14 bits per heavy atom. The first-order chi connectivity index (χ1) is 9.86.